The monoisotopic (exact) mass is 429 g/mol. The van der Waals surface area contributed by atoms with Crippen molar-refractivity contribution in [3.8, 4) is 11.3 Å². The molecule has 0 saturated carbocycles. The number of carbonyl (C=O) groups excluding carboxylic acids is 1. The Labute approximate surface area is 165 Å². The summed E-state index contributed by atoms with van der Waals surface area (Å²) >= 11 is 0. The highest BCUT2D eigenvalue weighted by Crippen LogP contribution is 2.35. The van der Waals surface area contributed by atoms with Crippen molar-refractivity contribution in [3.05, 3.63) is 53.7 Å². The lowest BCUT2D eigenvalue weighted by molar-refractivity contribution is -0.144. The first-order chi connectivity index (χ1) is 14.0. The number of H-pyrrole nitrogens is 1. The van der Waals surface area contributed by atoms with E-state index < -0.39 is 29.6 Å². The van der Waals surface area contributed by atoms with Crippen LogP contribution in [0.3, 0.4) is 0 Å². The predicted octanol–water partition coefficient (Wildman–Crippen LogP) is 4.53. The first-order valence-corrected chi connectivity index (χ1v) is 8.66. The maximum Gasteiger partial charge on any atom is 0.449 e. The molecule has 0 radical (unpaired) electrons. The highest BCUT2D eigenvalue weighted by molar-refractivity contribution is 6.09. The van der Waals surface area contributed by atoms with E-state index in [1.54, 1.807) is 6.92 Å². The number of carbonyl (C=O) groups is 1. The average molecular weight is 429 g/mol. The molecule has 0 spiro atoms. The number of nitrogens with zero attached hydrogens (tertiary/aromatic N) is 4. The minimum absolute atomic E-state index is 0.0195. The van der Waals surface area contributed by atoms with Crippen LogP contribution in [0.2, 0.25) is 0 Å². The summed E-state index contributed by atoms with van der Waals surface area (Å²) in [5, 5.41) is 4.10. The second-order valence-corrected chi connectivity index (χ2v) is 6.80. The van der Waals surface area contributed by atoms with Crippen LogP contribution in [-0.2, 0) is 12.4 Å². The number of benzene rings is 1. The van der Waals surface area contributed by atoms with Crippen LogP contribution in [0.25, 0.3) is 11.3 Å². The van der Waals surface area contributed by atoms with Crippen molar-refractivity contribution in [2.45, 2.75) is 25.3 Å². The summed E-state index contributed by atoms with van der Waals surface area (Å²) in [5.41, 5.74) is -0.527. The standard InChI is InChI=1S/C18H13F6N5O/c1-9-8-28(11-4-2-10(3-5-11)17(19,20)21)15(30)14-12(6-26-29(9)14)13-7-25-16(27-13)18(22,23)24/h2-7,9H,8H2,1H3,(H,25,27)/t9-/m0/s1. The van der Waals surface area contributed by atoms with Gasteiger partial charge in [0, 0.05) is 12.2 Å². The molecule has 0 unspecified atom stereocenters. The van der Waals surface area contributed by atoms with E-state index in [0.717, 1.165) is 18.3 Å². The zero-order chi connectivity index (χ0) is 21.8. The van der Waals surface area contributed by atoms with Gasteiger partial charge in [-0.2, -0.15) is 31.4 Å². The van der Waals surface area contributed by atoms with E-state index >= 15 is 0 Å². The summed E-state index contributed by atoms with van der Waals surface area (Å²) in [4.78, 5) is 19.8. The zero-order valence-electron chi connectivity index (χ0n) is 15.2. The van der Waals surface area contributed by atoms with Crippen LogP contribution < -0.4 is 4.90 Å². The summed E-state index contributed by atoms with van der Waals surface area (Å²) in [5.74, 6) is -1.81. The van der Waals surface area contributed by atoms with E-state index in [1.165, 1.54) is 27.9 Å². The molecule has 2 aromatic heterocycles. The number of hydrogen-bond donors (Lipinski definition) is 1. The van der Waals surface area contributed by atoms with Gasteiger partial charge < -0.3 is 9.88 Å². The highest BCUT2D eigenvalue weighted by Gasteiger charge is 2.37. The van der Waals surface area contributed by atoms with E-state index in [9.17, 15) is 31.1 Å². The Bertz CT molecular complexity index is 1100. The van der Waals surface area contributed by atoms with Crippen molar-refractivity contribution in [1.29, 1.82) is 0 Å². The van der Waals surface area contributed by atoms with Crippen LogP contribution in [0.1, 0.15) is 34.8 Å². The third-order valence-electron chi connectivity index (χ3n) is 4.75. The van der Waals surface area contributed by atoms with Crippen molar-refractivity contribution < 1.29 is 31.1 Å². The van der Waals surface area contributed by atoms with Crippen LogP contribution >= 0.6 is 0 Å². The smallest absolute Gasteiger partial charge is 0.334 e. The van der Waals surface area contributed by atoms with Crippen LogP contribution in [-0.4, -0.2) is 32.2 Å². The first-order valence-electron chi connectivity index (χ1n) is 8.66. The number of rotatable bonds is 2. The number of aromatic amines is 1. The average Bonchev–Trinajstić information content (AvgIpc) is 3.31. The number of anilines is 1. The number of imidazole rings is 1. The Kier molecular flexibility index (Phi) is 4.40. The van der Waals surface area contributed by atoms with Crippen molar-refractivity contribution in [3.63, 3.8) is 0 Å². The van der Waals surface area contributed by atoms with Crippen LogP contribution in [0.4, 0.5) is 32.0 Å². The number of fused-ring (bicyclic) bond motifs is 1. The Hall–Kier alpha value is -3.31. The number of halogens is 6. The molecular formula is C18H13F6N5O. The number of nitrogens with one attached hydrogen (secondary N) is 1. The summed E-state index contributed by atoms with van der Waals surface area (Å²) in [6, 6.07) is 3.72. The maximum atomic E-state index is 13.1. The molecule has 1 N–H and O–H groups in total. The molecule has 0 saturated heterocycles. The molecule has 1 aliphatic rings. The van der Waals surface area contributed by atoms with Gasteiger partial charge in [0.05, 0.1) is 35.3 Å². The molecule has 30 heavy (non-hydrogen) atoms. The van der Waals surface area contributed by atoms with Gasteiger partial charge in [-0.05, 0) is 31.2 Å². The van der Waals surface area contributed by atoms with E-state index in [4.69, 9.17) is 0 Å². The van der Waals surface area contributed by atoms with Gasteiger partial charge in [0.2, 0.25) is 5.82 Å². The molecule has 3 heterocycles. The molecule has 6 nitrogen and oxygen atoms in total. The van der Waals surface area contributed by atoms with Gasteiger partial charge in [-0.1, -0.05) is 0 Å². The molecule has 0 fully saturated rings. The minimum atomic E-state index is -4.69. The molecule has 0 aliphatic carbocycles. The minimum Gasteiger partial charge on any atom is -0.334 e. The molecule has 3 aromatic rings. The lowest BCUT2D eigenvalue weighted by atomic mass is 10.1. The lowest BCUT2D eigenvalue weighted by Crippen LogP contribution is -2.42. The highest BCUT2D eigenvalue weighted by atomic mass is 19.4. The molecule has 1 amide bonds. The Balaban J connectivity index is 1.72. The SMILES string of the molecule is C[C@H]1CN(c2ccc(C(F)(F)F)cc2)C(=O)c2c(-c3cnc(C(F)(F)F)[nH]3)cnn21. The number of aromatic nitrogens is 4. The molecular weight excluding hydrogens is 416 g/mol. The fraction of sp³-hybridized carbons (Fsp3) is 0.278. The first kappa shape index (κ1) is 20.0. The summed E-state index contributed by atoms with van der Waals surface area (Å²) in [6.07, 6.45) is -6.99. The van der Waals surface area contributed by atoms with Crippen LogP contribution in [0.5, 0.6) is 0 Å². The molecule has 158 valence electrons. The number of alkyl halides is 6. The van der Waals surface area contributed by atoms with Crippen molar-refractivity contribution in [2.75, 3.05) is 11.4 Å². The molecule has 1 aliphatic heterocycles. The van der Waals surface area contributed by atoms with E-state index in [1.807, 2.05) is 0 Å². The Morgan fingerprint density at radius 1 is 1.03 bits per heavy atom. The quantitative estimate of drug-likeness (QED) is 0.609. The van der Waals surface area contributed by atoms with Gasteiger partial charge in [-0.25, -0.2) is 4.98 Å². The third kappa shape index (κ3) is 3.31. The van der Waals surface area contributed by atoms with Crippen molar-refractivity contribution in [2.24, 2.45) is 0 Å². The van der Waals surface area contributed by atoms with Crippen LogP contribution in [0, 0.1) is 0 Å². The number of hydrogen-bond acceptors (Lipinski definition) is 3. The van der Waals surface area contributed by atoms with Crippen molar-refractivity contribution in [1.82, 2.24) is 19.7 Å². The predicted molar refractivity (Wildman–Crippen MR) is 92.6 cm³/mol. The largest absolute Gasteiger partial charge is 0.449 e. The summed E-state index contributed by atoms with van der Waals surface area (Å²) in [6.45, 7) is 1.87. The van der Waals surface area contributed by atoms with Crippen LogP contribution in [0.15, 0.2) is 36.7 Å². The van der Waals surface area contributed by atoms with Gasteiger partial charge in [0.15, 0.2) is 0 Å². The van der Waals surface area contributed by atoms with Gasteiger partial charge in [0.25, 0.3) is 5.91 Å². The maximum absolute atomic E-state index is 13.1. The second kappa shape index (κ2) is 6.61. The molecule has 1 aromatic carbocycles. The fourth-order valence-electron chi connectivity index (χ4n) is 3.31. The summed E-state index contributed by atoms with van der Waals surface area (Å²) in [7, 11) is 0. The lowest BCUT2D eigenvalue weighted by Gasteiger charge is -2.32. The zero-order valence-corrected chi connectivity index (χ0v) is 15.2. The van der Waals surface area contributed by atoms with E-state index in [-0.39, 0.29) is 35.2 Å². The topological polar surface area (TPSA) is 66.8 Å². The summed E-state index contributed by atoms with van der Waals surface area (Å²) < 4.78 is 78.3. The van der Waals surface area contributed by atoms with Gasteiger partial charge >= 0.3 is 12.4 Å². The van der Waals surface area contributed by atoms with Crippen molar-refractivity contribution >= 4 is 11.6 Å². The Morgan fingerprint density at radius 3 is 2.27 bits per heavy atom. The van der Waals surface area contributed by atoms with Gasteiger partial charge in [-0.15, -0.1) is 0 Å². The fourth-order valence-corrected chi connectivity index (χ4v) is 3.31. The number of amides is 1. The molecule has 0 bridgehead atoms. The van der Waals surface area contributed by atoms with E-state index in [2.05, 4.69) is 15.1 Å². The molecule has 4 rings (SSSR count). The second-order valence-electron chi connectivity index (χ2n) is 6.80. The third-order valence-corrected chi connectivity index (χ3v) is 4.75. The molecule has 1 atom stereocenters. The molecule has 12 heteroatoms. The van der Waals surface area contributed by atoms with Gasteiger partial charge in [0.1, 0.15) is 5.69 Å². The normalized spacial score (nSPS) is 17.4. The van der Waals surface area contributed by atoms with Gasteiger partial charge in [-0.3, -0.25) is 9.48 Å². The van der Waals surface area contributed by atoms with E-state index in [0.29, 0.717) is 0 Å². The Morgan fingerprint density at radius 2 is 1.70 bits per heavy atom.